The molecule has 0 aliphatic rings. The molecule has 1 heterocycles. The highest BCUT2D eigenvalue weighted by atomic mass is 15.0. The molecule has 0 unspecified atom stereocenters. The van der Waals surface area contributed by atoms with Crippen LogP contribution < -0.4 is 11.5 Å². The summed E-state index contributed by atoms with van der Waals surface area (Å²) in [6.45, 7) is 0. The van der Waals surface area contributed by atoms with E-state index in [2.05, 4.69) is 16.0 Å². The molecule has 0 saturated heterocycles. The summed E-state index contributed by atoms with van der Waals surface area (Å²) in [4.78, 5) is 8.56. The van der Waals surface area contributed by atoms with Crippen LogP contribution in [0.3, 0.4) is 0 Å². The zero-order chi connectivity index (χ0) is 15.4. The summed E-state index contributed by atoms with van der Waals surface area (Å²) in [5.41, 5.74) is 15.1. The Morgan fingerprint density at radius 1 is 0.773 bits per heavy atom. The van der Waals surface area contributed by atoms with Crippen molar-refractivity contribution in [3.05, 3.63) is 72.9 Å². The maximum atomic E-state index is 5.51. The topological polar surface area (TPSA) is 77.3 Å². The Hall–Kier alpha value is -3.14. The fourth-order valence-corrected chi connectivity index (χ4v) is 2.29. The zero-order valence-corrected chi connectivity index (χ0v) is 12.0. The van der Waals surface area contributed by atoms with E-state index in [1.165, 1.54) is 0 Å². The van der Waals surface area contributed by atoms with E-state index in [0.717, 1.165) is 22.3 Å². The van der Waals surface area contributed by atoms with Crippen LogP contribution in [0.15, 0.2) is 77.9 Å². The minimum absolute atomic E-state index is 0.00265. The second-order valence-electron chi connectivity index (χ2n) is 4.86. The van der Waals surface area contributed by atoms with E-state index in [0.29, 0.717) is 5.82 Å². The van der Waals surface area contributed by atoms with E-state index >= 15 is 0 Å². The van der Waals surface area contributed by atoms with Crippen molar-refractivity contribution in [1.29, 1.82) is 0 Å². The van der Waals surface area contributed by atoms with Crippen LogP contribution >= 0.6 is 0 Å². The highest BCUT2D eigenvalue weighted by Gasteiger charge is 2.09. The number of pyridine rings is 1. The number of hydrogen-bond acceptors (Lipinski definition) is 2. The lowest BCUT2D eigenvalue weighted by Gasteiger charge is -2.09. The van der Waals surface area contributed by atoms with Crippen LogP contribution in [-0.4, -0.2) is 10.9 Å². The molecular weight excluding hydrogens is 272 g/mol. The predicted octanol–water partition coefficient (Wildman–Crippen LogP) is 3.32. The molecule has 0 radical (unpaired) electrons. The molecule has 4 nitrogen and oxygen atoms in total. The average molecular weight is 288 g/mol. The molecule has 0 amide bonds. The summed E-state index contributed by atoms with van der Waals surface area (Å²) < 4.78 is 0. The van der Waals surface area contributed by atoms with E-state index in [-0.39, 0.29) is 5.96 Å². The molecule has 108 valence electrons. The van der Waals surface area contributed by atoms with Crippen molar-refractivity contribution in [2.45, 2.75) is 0 Å². The number of hydrogen-bond donors (Lipinski definition) is 2. The Balaban J connectivity index is 2.17. The van der Waals surface area contributed by atoms with Crippen molar-refractivity contribution >= 4 is 11.8 Å². The molecule has 0 atom stereocenters. The van der Waals surface area contributed by atoms with Gasteiger partial charge in [-0.05, 0) is 17.2 Å². The summed E-state index contributed by atoms with van der Waals surface area (Å²) in [6.07, 6.45) is 1.78. The lowest BCUT2D eigenvalue weighted by Crippen LogP contribution is -2.22. The number of nitrogens with two attached hydrogens (primary N) is 2. The number of nitrogens with zero attached hydrogens (tertiary/aromatic N) is 2. The van der Waals surface area contributed by atoms with E-state index in [1.54, 1.807) is 6.20 Å². The summed E-state index contributed by atoms with van der Waals surface area (Å²) >= 11 is 0. The summed E-state index contributed by atoms with van der Waals surface area (Å²) in [5, 5.41) is 0. The summed E-state index contributed by atoms with van der Waals surface area (Å²) in [6, 6.07) is 22.1. The minimum atomic E-state index is -0.00265. The van der Waals surface area contributed by atoms with Crippen LogP contribution in [0.4, 0.5) is 5.82 Å². The van der Waals surface area contributed by atoms with Crippen LogP contribution in [0.5, 0.6) is 0 Å². The van der Waals surface area contributed by atoms with Gasteiger partial charge in [0.25, 0.3) is 0 Å². The number of guanidine groups is 1. The van der Waals surface area contributed by atoms with Crippen molar-refractivity contribution in [3.63, 3.8) is 0 Å². The quantitative estimate of drug-likeness (QED) is 0.573. The Morgan fingerprint density at radius 2 is 1.36 bits per heavy atom. The van der Waals surface area contributed by atoms with Crippen molar-refractivity contribution in [1.82, 2.24) is 4.98 Å². The van der Waals surface area contributed by atoms with E-state index < -0.39 is 0 Å². The summed E-state index contributed by atoms with van der Waals surface area (Å²) in [5.74, 6) is 0.517. The third-order valence-corrected chi connectivity index (χ3v) is 3.29. The zero-order valence-electron chi connectivity index (χ0n) is 12.0. The highest BCUT2D eigenvalue weighted by Crippen LogP contribution is 2.32. The van der Waals surface area contributed by atoms with Gasteiger partial charge in [-0.1, -0.05) is 60.7 Å². The first-order chi connectivity index (χ1) is 10.7. The first kappa shape index (κ1) is 13.8. The van der Waals surface area contributed by atoms with Gasteiger partial charge >= 0.3 is 0 Å². The predicted molar refractivity (Wildman–Crippen MR) is 90.6 cm³/mol. The largest absolute Gasteiger partial charge is 0.370 e. The van der Waals surface area contributed by atoms with E-state index in [9.17, 15) is 0 Å². The second-order valence-corrected chi connectivity index (χ2v) is 4.86. The Kier molecular flexibility index (Phi) is 3.83. The summed E-state index contributed by atoms with van der Waals surface area (Å²) in [7, 11) is 0. The molecule has 4 N–H and O–H groups in total. The Morgan fingerprint density at radius 3 is 1.95 bits per heavy atom. The molecule has 0 fully saturated rings. The number of aromatic nitrogens is 1. The maximum absolute atomic E-state index is 5.51. The molecule has 3 rings (SSSR count). The number of rotatable bonds is 3. The normalized spacial score (nSPS) is 10.2. The SMILES string of the molecule is NC(N)=Nc1ncc(-c2ccccc2)cc1-c1ccccc1. The third kappa shape index (κ3) is 2.96. The van der Waals surface area contributed by atoms with E-state index in [1.807, 2.05) is 60.7 Å². The number of benzene rings is 2. The van der Waals surface area contributed by atoms with Crippen LogP contribution in [0.25, 0.3) is 22.3 Å². The first-order valence-electron chi connectivity index (χ1n) is 6.94. The number of aliphatic imine (C=N–C) groups is 1. The van der Waals surface area contributed by atoms with Crippen LogP contribution in [-0.2, 0) is 0 Å². The standard InChI is InChI=1S/C18H16N4/c19-18(20)22-17-16(14-9-5-2-6-10-14)11-15(12-21-17)13-7-3-1-4-8-13/h1-12H,(H4,19,20,21,22). The minimum Gasteiger partial charge on any atom is -0.370 e. The van der Waals surface area contributed by atoms with Crippen molar-refractivity contribution in [2.75, 3.05) is 0 Å². The molecule has 0 aliphatic carbocycles. The molecule has 1 aromatic heterocycles. The van der Waals surface area contributed by atoms with Gasteiger partial charge in [0, 0.05) is 17.3 Å². The molecule has 2 aromatic carbocycles. The fourth-order valence-electron chi connectivity index (χ4n) is 2.29. The van der Waals surface area contributed by atoms with Crippen molar-refractivity contribution in [2.24, 2.45) is 16.5 Å². The lowest BCUT2D eigenvalue weighted by molar-refractivity contribution is 1.26. The Bertz CT molecular complexity index is 792. The third-order valence-electron chi connectivity index (χ3n) is 3.29. The second kappa shape index (κ2) is 6.10. The maximum Gasteiger partial charge on any atom is 0.192 e. The van der Waals surface area contributed by atoms with E-state index in [4.69, 9.17) is 11.5 Å². The van der Waals surface area contributed by atoms with Gasteiger partial charge in [0.1, 0.15) is 0 Å². The van der Waals surface area contributed by atoms with Gasteiger partial charge in [-0.3, -0.25) is 0 Å². The molecule has 0 spiro atoms. The fraction of sp³-hybridized carbons (Fsp3) is 0. The van der Waals surface area contributed by atoms with Gasteiger partial charge in [-0.2, -0.15) is 4.99 Å². The van der Waals surface area contributed by atoms with Gasteiger partial charge < -0.3 is 11.5 Å². The Labute approximate surface area is 129 Å². The molecule has 3 aromatic rings. The lowest BCUT2D eigenvalue weighted by atomic mass is 10.0. The highest BCUT2D eigenvalue weighted by molar-refractivity contribution is 5.84. The van der Waals surface area contributed by atoms with Crippen LogP contribution in [0.2, 0.25) is 0 Å². The van der Waals surface area contributed by atoms with Crippen molar-refractivity contribution in [3.8, 4) is 22.3 Å². The van der Waals surface area contributed by atoms with Gasteiger partial charge in [-0.15, -0.1) is 0 Å². The average Bonchev–Trinajstić information content (AvgIpc) is 2.56. The van der Waals surface area contributed by atoms with Crippen LogP contribution in [0.1, 0.15) is 0 Å². The van der Waals surface area contributed by atoms with Gasteiger partial charge in [0.05, 0.1) is 0 Å². The molecule has 0 bridgehead atoms. The molecular formula is C18H16N4. The van der Waals surface area contributed by atoms with Crippen LogP contribution in [0, 0.1) is 0 Å². The molecule has 0 saturated carbocycles. The smallest absolute Gasteiger partial charge is 0.192 e. The first-order valence-corrected chi connectivity index (χ1v) is 6.94. The molecule has 22 heavy (non-hydrogen) atoms. The monoisotopic (exact) mass is 288 g/mol. The van der Waals surface area contributed by atoms with Gasteiger partial charge in [-0.25, -0.2) is 4.98 Å². The molecule has 0 aliphatic heterocycles. The van der Waals surface area contributed by atoms with Gasteiger partial charge in [0.15, 0.2) is 11.8 Å². The molecule has 4 heteroatoms. The van der Waals surface area contributed by atoms with Crippen molar-refractivity contribution < 1.29 is 0 Å². The van der Waals surface area contributed by atoms with Gasteiger partial charge in [0.2, 0.25) is 0 Å².